The molecule has 3 aromatic rings. The molecule has 0 bridgehead atoms. The number of aromatic hydroxyl groups is 1. The molecule has 3 aromatic carbocycles. The molecular weight excluding hydrogens is 504 g/mol. The molecule has 0 unspecified atom stereocenters. The number of benzene rings is 3. The number of anilines is 2. The molecule has 5 rings (SSSR count). The van der Waals surface area contributed by atoms with Crippen LogP contribution in [0.15, 0.2) is 76.4 Å². The summed E-state index contributed by atoms with van der Waals surface area (Å²) in [7, 11) is 1.51. The fourth-order valence-electron chi connectivity index (χ4n) is 4.63. The first-order valence-corrected chi connectivity index (χ1v) is 11.8. The second-order valence-electron chi connectivity index (χ2n) is 8.27. The van der Waals surface area contributed by atoms with Crippen molar-refractivity contribution >= 4 is 44.7 Å². The molecule has 168 valence electrons. The Kier molecular flexibility index (Phi) is 5.81. The lowest BCUT2D eigenvalue weighted by atomic mass is 9.78. The number of ketones is 1. The van der Waals surface area contributed by atoms with Gasteiger partial charge in [0.05, 0.1) is 29.0 Å². The fraction of sp³-hybridized carbons (Fsp3) is 0.192. The summed E-state index contributed by atoms with van der Waals surface area (Å²) < 4.78 is 5.88. The van der Waals surface area contributed by atoms with Crippen molar-refractivity contribution in [3.05, 3.63) is 92.6 Å². The second kappa shape index (κ2) is 8.76. The van der Waals surface area contributed by atoms with Crippen molar-refractivity contribution < 1.29 is 14.6 Å². The minimum absolute atomic E-state index is 0.0281. The molecular formula is C26H22BrClN2O3. The number of carbonyl (C=O) groups excluding carboxylic acids is 1. The fourth-order valence-corrected chi connectivity index (χ4v) is 5.21. The van der Waals surface area contributed by atoms with Crippen LogP contribution in [0.1, 0.15) is 35.9 Å². The van der Waals surface area contributed by atoms with Gasteiger partial charge >= 0.3 is 0 Å². The van der Waals surface area contributed by atoms with Crippen LogP contribution in [0.3, 0.4) is 0 Å². The lowest BCUT2D eigenvalue weighted by molar-refractivity contribution is -0.116. The number of halogens is 2. The van der Waals surface area contributed by atoms with Crippen LogP contribution < -0.4 is 15.4 Å². The molecule has 0 saturated carbocycles. The minimum atomic E-state index is -0.402. The molecule has 1 heterocycles. The van der Waals surface area contributed by atoms with E-state index in [1.54, 1.807) is 6.07 Å². The average molecular weight is 526 g/mol. The second-order valence-corrected chi connectivity index (χ2v) is 9.56. The van der Waals surface area contributed by atoms with Crippen LogP contribution in [-0.2, 0) is 4.79 Å². The molecule has 0 fully saturated rings. The summed E-state index contributed by atoms with van der Waals surface area (Å²) in [5, 5.41) is 18.1. The Balaban J connectivity index is 1.63. The number of fused-ring (bicyclic) bond motifs is 1. The number of para-hydroxylation sites is 2. The van der Waals surface area contributed by atoms with Crippen molar-refractivity contribution in [2.75, 3.05) is 17.7 Å². The van der Waals surface area contributed by atoms with Gasteiger partial charge in [-0.3, -0.25) is 4.79 Å². The highest BCUT2D eigenvalue weighted by Gasteiger charge is 2.36. The first kappa shape index (κ1) is 21.9. The lowest BCUT2D eigenvalue weighted by Crippen LogP contribution is -2.27. The molecule has 2 atom stereocenters. The van der Waals surface area contributed by atoms with Crippen molar-refractivity contribution in [2.45, 2.75) is 24.8 Å². The quantitative estimate of drug-likeness (QED) is 0.351. The summed E-state index contributed by atoms with van der Waals surface area (Å²) in [5.74, 6) is 0.515. The van der Waals surface area contributed by atoms with E-state index in [0.717, 1.165) is 28.2 Å². The topological polar surface area (TPSA) is 70.6 Å². The highest BCUT2D eigenvalue weighted by atomic mass is 79.9. The van der Waals surface area contributed by atoms with E-state index in [4.69, 9.17) is 16.3 Å². The first-order valence-electron chi connectivity index (χ1n) is 10.6. The van der Waals surface area contributed by atoms with Crippen molar-refractivity contribution in [3.63, 3.8) is 0 Å². The van der Waals surface area contributed by atoms with Gasteiger partial charge in [0.1, 0.15) is 0 Å². The normalized spacial score (nSPS) is 19.7. The van der Waals surface area contributed by atoms with Crippen LogP contribution in [0.2, 0.25) is 5.02 Å². The largest absolute Gasteiger partial charge is 0.503 e. The summed E-state index contributed by atoms with van der Waals surface area (Å²) in [4.78, 5) is 13.6. The Hall–Kier alpha value is -2.96. The maximum absolute atomic E-state index is 13.6. The van der Waals surface area contributed by atoms with Gasteiger partial charge in [0.15, 0.2) is 17.3 Å². The molecule has 2 aliphatic rings. The van der Waals surface area contributed by atoms with Gasteiger partial charge in [-0.2, -0.15) is 0 Å². The van der Waals surface area contributed by atoms with Gasteiger partial charge in [0, 0.05) is 22.7 Å². The Morgan fingerprint density at radius 2 is 1.76 bits per heavy atom. The van der Waals surface area contributed by atoms with Gasteiger partial charge in [-0.05, 0) is 75.8 Å². The lowest BCUT2D eigenvalue weighted by Gasteiger charge is -2.30. The van der Waals surface area contributed by atoms with E-state index >= 15 is 0 Å². The van der Waals surface area contributed by atoms with Gasteiger partial charge in [-0.25, -0.2) is 0 Å². The van der Waals surface area contributed by atoms with Crippen molar-refractivity contribution in [3.8, 4) is 11.5 Å². The van der Waals surface area contributed by atoms with Crippen LogP contribution in [0, 0.1) is 0 Å². The van der Waals surface area contributed by atoms with E-state index in [-0.39, 0.29) is 17.5 Å². The van der Waals surface area contributed by atoms with E-state index in [1.807, 2.05) is 54.6 Å². The number of phenols is 1. The summed E-state index contributed by atoms with van der Waals surface area (Å²) >= 11 is 9.49. The molecule has 0 saturated heterocycles. The number of methoxy groups -OCH3 is 1. The molecule has 1 aliphatic carbocycles. The number of carbonyl (C=O) groups is 1. The summed E-state index contributed by atoms with van der Waals surface area (Å²) in [6.07, 6.45) is 1.11. The van der Waals surface area contributed by atoms with Crippen molar-refractivity contribution in [2.24, 2.45) is 0 Å². The van der Waals surface area contributed by atoms with Gasteiger partial charge in [0.25, 0.3) is 0 Å². The van der Waals surface area contributed by atoms with E-state index in [1.165, 1.54) is 7.11 Å². The number of ether oxygens (including phenoxy) is 1. The van der Waals surface area contributed by atoms with Crippen LogP contribution in [0.25, 0.3) is 0 Å². The third kappa shape index (κ3) is 4.09. The third-order valence-electron chi connectivity index (χ3n) is 6.25. The van der Waals surface area contributed by atoms with Gasteiger partial charge in [0.2, 0.25) is 0 Å². The molecule has 0 aromatic heterocycles. The summed E-state index contributed by atoms with van der Waals surface area (Å²) in [6.45, 7) is 0. The maximum atomic E-state index is 13.6. The van der Waals surface area contributed by atoms with E-state index in [2.05, 4.69) is 26.6 Å². The van der Waals surface area contributed by atoms with Crippen LogP contribution >= 0.6 is 27.5 Å². The van der Waals surface area contributed by atoms with Crippen LogP contribution in [0.5, 0.6) is 11.5 Å². The third-order valence-corrected chi connectivity index (χ3v) is 7.11. The molecule has 0 amide bonds. The number of hydrogen-bond donors (Lipinski definition) is 3. The molecule has 5 nitrogen and oxygen atoms in total. The molecule has 3 N–H and O–H groups in total. The zero-order valence-electron chi connectivity index (χ0n) is 17.9. The standard InChI is InChI=1S/C26H22BrClN2O3/c1-33-23-13-16(10-18(27)26(23)32)25-24-21(29-19-4-2-3-5-20(19)30-25)11-15(12-22(24)31)14-6-8-17(28)9-7-14/h2-10,13,15,25,29-30,32H,11-12H2,1H3/t15-,25+/m1/s1. The van der Waals surface area contributed by atoms with E-state index in [9.17, 15) is 9.90 Å². The molecule has 7 heteroatoms. The smallest absolute Gasteiger partial charge is 0.172 e. The predicted molar refractivity (Wildman–Crippen MR) is 134 cm³/mol. The molecule has 1 aliphatic heterocycles. The number of allylic oxidation sites excluding steroid dienone is 1. The molecule has 0 radical (unpaired) electrons. The number of rotatable bonds is 3. The van der Waals surface area contributed by atoms with Gasteiger partial charge in [-0.15, -0.1) is 0 Å². The predicted octanol–water partition coefficient (Wildman–Crippen LogP) is 6.80. The maximum Gasteiger partial charge on any atom is 0.172 e. The SMILES string of the molecule is COc1cc([C@@H]2Nc3ccccc3NC3=C2C(=O)C[C@H](c2ccc(Cl)cc2)C3)cc(Br)c1O. The minimum Gasteiger partial charge on any atom is -0.503 e. The van der Waals surface area contributed by atoms with Gasteiger partial charge < -0.3 is 20.5 Å². The monoisotopic (exact) mass is 524 g/mol. The number of Topliss-reactive ketones (excluding diaryl/α,β-unsaturated/α-hetero) is 1. The van der Waals surface area contributed by atoms with Crippen LogP contribution in [-0.4, -0.2) is 18.0 Å². The van der Waals surface area contributed by atoms with E-state index < -0.39 is 6.04 Å². The molecule has 33 heavy (non-hydrogen) atoms. The van der Waals surface area contributed by atoms with Crippen molar-refractivity contribution in [1.82, 2.24) is 0 Å². The van der Waals surface area contributed by atoms with Crippen LogP contribution in [0.4, 0.5) is 11.4 Å². The Labute approximate surface area is 205 Å². The number of nitrogens with one attached hydrogen (secondary N) is 2. The summed E-state index contributed by atoms with van der Waals surface area (Å²) in [5.41, 5.74) is 5.34. The zero-order chi connectivity index (χ0) is 23.1. The number of hydrogen-bond acceptors (Lipinski definition) is 5. The summed E-state index contributed by atoms with van der Waals surface area (Å²) in [6, 6.07) is 18.8. The Morgan fingerprint density at radius 1 is 1.03 bits per heavy atom. The average Bonchev–Trinajstić information content (AvgIpc) is 2.98. The number of phenolic OH excluding ortho intramolecular Hbond substituents is 1. The highest BCUT2D eigenvalue weighted by molar-refractivity contribution is 9.10. The zero-order valence-corrected chi connectivity index (χ0v) is 20.2. The highest BCUT2D eigenvalue weighted by Crippen LogP contribution is 2.46. The van der Waals surface area contributed by atoms with E-state index in [0.29, 0.717) is 33.7 Å². The first-order chi connectivity index (χ1) is 15.9. The molecule has 0 spiro atoms. The van der Waals surface area contributed by atoms with Crippen molar-refractivity contribution in [1.29, 1.82) is 0 Å². The van der Waals surface area contributed by atoms with Gasteiger partial charge in [-0.1, -0.05) is 35.9 Å². The Morgan fingerprint density at radius 3 is 2.48 bits per heavy atom. The Bertz CT molecular complexity index is 1270.